The molecule has 0 atom stereocenters. The van der Waals surface area contributed by atoms with Crippen molar-refractivity contribution in [3.05, 3.63) is 32.8 Å². The van der Waals surface area contributed by atoms with Gasteiger partial charge in [0.05, 0.1) is 28.3 Å². The number of benzene rings is 1. The Kier molecular flexibility index (Phi) is 3.78. The van der Waals surface area contributed by atoms with E-state index >= 15 is 0 Å². The molecule has 0 fully saturated rings. The van der Waals surface area contributed by atoms with Gasteiger partial charge in [-0.25, -0.2) is 9.59 Å². The maximum Gasteiger partial charge on any atom is 0.339 e. The van der Waals surface area contributed by atoms with Gasteiger partial charge in [0.2, 0.25) is 0 Å². The molecule has 0 unspecified atom stereocenters. The van der Waals surface area contributed by atoms with Gasteiger partial charge in [0.25, 0.3) is 0 Å². The molecule has 6 heteroatoms. The normalized spacial score (nSPS) is 10.0. The summed E-state index contributed by atoms with van der Waals surface area (Å²) in [6, 6.07) is 1.19. The fourth-order valence-electron chi connectivity index (χ4n) is 1.27. The molecule has 0 heterocycles. The lowest BCUT2D eigenvalue weighted by Crippen LogP contribution is -2.08. The van der Waals surface area contributed by atoms with Crippen LogP contribution in [0.25, 0.3) is 0 Å². The van der Waals surface area contributed by atoms with Gasteiger partial charge < -0.3 is 9.84 Å². The van der Waals surface area contributed by atoms with Gasteiger partial charge in [0.15, 0.2) is 0 Å². The van der Waals surface area contributed by atoms with Crippen LogP contribution in [-0.2, 0) is 4.74 Å². The van der Waals surface area contributed by atoms with Crippen molar-refractivity contribution in [1.82, 2.24) is 0 Å². The van der Waals surface area contributed by atoms with E-state index in [1.807, 2.05) is 0 Å². The van der Waals surface area contributed by atoms with Gasteiger partial charge in [-0.05, 0) is 18.6 Å². The monoisotopic (exact) mass is 262 g/mol. The first kappa shape index (κ1) is 12.8. The largest absolute Gasteiger partial charge is 0.478 e. The number of hydrogen-bond donors (Lipinski definition) is 1. The molecular weight excluding hydrogens is 255 g/mol. The molecule has 0 aliphatic rings. The van der Waals surface area contributed by atoms with Crippen molar-refractivity contribution in [2.75, 3.05) is 7.11 Å². The number of rotatable bonds is 2. The number of esters is 1. The molecule has 1 N–H and O–H groups in total. The van der Waals surface area contributed by atoms with Gasteiger partial charge in [-0.1, -0.05) is 23.2 Å². The molecule has 0 radical (unpaired) electrons. The highest BCUT2D eigenvalue weighted by molar-refractivity contribution is 6.38. The van der Waals surface area contributed by atoms with Crippen LogP contribution in [-0.4, -0.2) is 24.2 Å². The summed E-state index contributed by atoms with van der Waals surface area (Å²) in [5, 5.41) is 8.89. The van der Waals surface area contributed by atoms with E-state index in [-0.39, 0.29) is 26.7 Å². The molecule has 0 amide bonds. The van der Waals surface area contributed by atoms with Gasteiger partial charge >= 0.3 is 11.9 Å². The van der Waals surface area contributed by atoms with Gasteiger partial charge in [-0.2, -0.15) is 0 Å². The minimum absolute atomic E-state index is 0.0358. The van der Waals surface area contributed by atoms with Crippen molar-refractivity contribution in [2.24, 2.45) is 0 Å². The first-order valence-electron chi connectivity index (χ1n) is 4.20. The number of carboxylic acid groups (broad SMARTS) is 1. The van der Waals surface area contributed by atoms with Crippen molar-refractivity contribution in [2.45, 2.75) is 6.92 Å². The Balaban J connectivity index is 3.51. The molecule has 1 aromatic rings. The summed E-state index contributed by atoms with van der Waals surface area (Å²) in [6.07, 6.45) is 0. The van der Waals surface area contributed by atoms with E-state index in [1.165, 1.54) is 20.1 Å². The molecule has 0 aromatic heterocycles. The molecule has 0 aliphatic heterocycles. The second-order valence-corrected chi connectivity index (χ2v) is 3.80. The minimum atomic E-state index is -1.19. The van der Waals surface area contributed by atoms with Crippen molar-refractivity contribution >= 4 is 35.1 Å². The van der Waals surface area contributed by atoms with Crippen molar-refractivity contribution in [1.29, 1.82) is 0 Å². The van der Waals surface area contributed by atoms with Crippen LogP contribution in [0.1, 0.15) is 26.3 Å². The number of carbonyl (C=O) groups excluding carboxylic acids is 1. The van der Waals surface area contributed by atoms with Crippen LogP contribution < -0.4 is 0 Å². The van der Waals surface area contributed by atoms with Crippen molar-refractivity contribution in [3.8, 4) is 0 Å². The zero-order valence-corrected chi connectivity index (χ0v) is 10.0. The summed E-state index contributed by atoms with van der Waals surface area (Å²) in [4.78, 5) is 22.2. The summed E-state index contributed by atoms with van der Waals surface area (Å²) < 4.78 is 4.50. The zero-order chi connectivity index (χ0) is 12.5. The van der Waals surface area contributed by atoms with Gasteiger partial charge in [0.1, 0.15) is 0 Å². The van der Waals surface area contributed by atoms with Gasteiger partial charge in [0, 0.05) is 0 Å². The number of aromatic carboxylic acids is 1. The van der Waals surface area contributed by atoms with Crippen molar-refractivity contribution < 1.29 is 19.4 Å². The van der Waals surface area contributed by atoms with E-state index in [4.69, 9.17) is 28.3 Å². The molecule has 0 saturated carbocycles. The first-order chi connectivity index (χ1) is 7.40. The Morgan fingerprint density at radius 3 is 2.38 bits per heavy atom. The minimum Gasteiger partial charge on any atom is -0.478 e. The van der Waals surface area contributed by atoms with Crippen LogP contribution in [0.3, 0.4) is 0 Å². The quantitative estimate of drug-likeness (QED) is 0.833. The molecule has 1 aromatic carbocycles. The summed E-state index contributed by atoms with van der Waals surface area (Å²) in [5.41, 5.74) is 0.179. The first-order valence-corrected chi connectivity index (χ1v) is 4.96. The molecule has 0 aliphatic carbocycles. The third-order valence-corrected chi connectivity index (χ3v) is 2.85. The summed E-state index contributed by atoms with van der Waals surface area (Å²) in [6.45, 7) is 1.48. The number of methoxy groups -OCH3 is 1. The van der Waals surface area contributed by atoms with E-state index in [0.29, 0.717) is 0 Å². The number of carbonyl (C=O) groups is 2. The predicted octanol–water partition coefficient (Wildman–Crippen LogP) is 2.79. The molecular formula is C10H8Cl2O4. The number of halogens is 2. The van der Waals surface area contributed by atoms with E-state index in [9.17, 15) is 9.59 Å². The zero-order valence-electron chi connectivity index (χ0n) is 8.51. The lowest BCUT2D eigenvalue weighted by Gasteiger charge is -2.09. The highest BCUT2D eigenvalue weighted by Crippen LogP contribution is 2.30. The third kappa shape index (κ3) is 2.13. The summed E-state index contributed by atoms with van der Waals surface area (Å²) in [5.74, 6) is -1.85. The molecule has 0 bridgehead atoms. The predicted molar refractivity (Wildman–Crippen MR) is 59.5 cm³/mol. The maximum atomic E-state index is 11.3. The number of ether oxygens (including phenoxy) is 1. The Hall–Kier alpha value is -1.26. The average Bonchev–Trinajstić information content (AvgIpc) is 2.22. The van der Waals surface area contributed by atoms with Crippen LogP contribution in [0, 0.1) is 6.92 Å². The molecule has 0 saturated heterocycles. The SMILES string of the molecule is COC(=O)c1cc(Cl)c(C(=O)O)c(C)c1Cl. The maximum absolute atomic E-state index is 11.3. The topological polar surface area (TPSA) is 63.6 Å². The smallest absolute Gasteiger partial charge is 0.339 e. The van der Waals surface area contributed by atoms with Crippen LogP contribution in [0.5, 0.6) is 0 Å². The highest BCUT2D eigenvalue weighted by atomic mass is 35.5. The lowest BCUT2D eigenvalue weighted by atomic mass is 10.0. The van der Waals surface area contributed by atoms with Crippen LogP contribution in [0.15, 0.2) is 6.07 Å². The molecule has 86 valence electrons. The standard InChI is InChI=1S/C10H8Cl2O4/c1-4-7(9(13)14)6(11)3-5(8(4)12)10(15)16-2/h3H,1-2H3,(H,13,14). The number of hydrogen-bond acceptors (Lipinski definition) is 3. The van der Waals surface area contributed by atoms with E-state index in [2.05, 4.69) is 4.74 Å². The van der Waals surface area contributed by atoms with Crippen LogP contribution in [0.4, 0.5) is 0 Å². The van der Waals surface area contributed by atoms with Gasteiger partial charge in [-0.15, -0.1) is 0 Å². The third-order valence-electron chi connectivity index (χ3n) is 2.07. The molecule has 0 spiro atoms. The van der Waals surface area contributed by atoms with Crippen molar-refractivity contribution in [3.63, 3.8) is 0 Å². The Labute approximate surface area is 102 Å². The van der Waals surface area contributed by atoms with Crippen LogP contribution in [0.2, 0.25) is 10.0 Å². The van der Waals surface area contributed by atoms with E-state index in [1.54, 1.807) is 0 Å². The fourth-order valence-corrected chi connectivity index (χ4v) is 1.83. The Morgan fingerprint density at radius 2 is 1.94 bits per heavy atom. The molecule has 4 nitrogen and oxygen atoms in total. The van der Waals surface area contributed by atoms with Gasteiger partial charge in [-0.3, -0.25) is 0 Å². The Morgan fingerprint density at radius 1 is 1.38 bits per heavy atom. The average molecular weight is 263 g/mol. The summed E-state index contributed by atoms with van der Waals surface area (Å²) in [7, 11) is 1.20. The van der Waals surface area contributed by atoms with E-state index < -0.39 is 11.9 Å². The Bertz CT molecular complexity index is 468. The molecule has 16 heavy (non-hydrogen) atoms. The second-order valence-electron chi connectivity index (χ2n) is 3.02. The second kappa shape index (κ2) is 4.72. The summed E-state index contributed by atoms with van der Waals surface area (Å²) >= 11 is 11.6. The lowest BCUT2D eigenvalue weighted by molar-refractivity contribution is 0.0598. The fraction of sp³-hybridized carbons (Fsp3) is 0.200. The molecule has 1 rings (SSSR count). The van der Waals surface area contributed by atoms with E-state index in [0.717, 1.165) is 0 Å². The highest BCUT2D eigenvalue weighted by Gasteiger charge is 2.21. The number of carboxylic acids is 1. The van der Waals surface area contributed by atoms with Crippen LogP contribution >= 0.6 is 23.2 Å².